The fourth-order valence-electron chi connectivity index (χ4n) is 3.62. The first-order valence-electron chi connectivity index (χ1n) is 10.2. The van der Waals surface area contributed by atoms with Crippen LogP contribution in [0.15, 0.2) is 54.6 Å². The molecule has 0 aliphatic heterocycles. The summed E-state index contributed by atoms with van der Waals surface area (Å²) in [7, 11) is 4.76. The molecule has 0 fully saturated rings. The van der Waals surface area contributed by atoms with Crippen molar-refractivity contribution in [1.82, 2.24) is 10.3 Å². The van der Waals surface area contributed by atoms with Crippen LogP contribution in [0.2, 0.25) is 0 Å². The fraction of sp³-hybridized carbons (Fsp3) is 0.200. The van der Waals surface area contributed by atoms with Crippen molar-refractivity contribution in [2.24, 2.45) is 0 Å². The van der Waals surface area contributed by atoms with E-state index >= 15 is 0 Å². The summed E-state index contributed by atoms with van der Waals surface area (Å²) in [5, 5.41) is 7.91. The van der Waals surface area contributed by atoms with Gasteiger partial charge >= 0.3 is 6.09 Å². The number of hydrogen-bond donors (Lipinski definition) is 2. The van der Waals surface area contributed by atoms with Crippen LogP contribution in [-0.2, 0) is 11.3 Å². The summed E-state index contributed by atoms with van der Waals surface area (Å²) >= 11 is 0. The Morgan fingerprint density at radius 3 is 2.44 bits per heavy atom. The number of carbonyl (C=O) groups is 1. The molecule has 0 aliphatic carbocycles. The van der Waals surface area contributed by atoms with Crippen molar-refractivity contribution in [1.29, 1.82) is 0 Å². The zero-order valence-corrected chi connectivity index (χ0v) is 18.5. The van der Waals surface area contributed by atoms with Crippen molar-refractivity contribution in [3.8, 4) is 11.5 Å². The van der Waals surface area contributed by atoms with Crippen LogP contribution < -0.4 is 20.1 Å². The number of fused-ring (bicyclic) bond motifs is 2. The predicted octanol–water partition coefficient (Wildman–Crippen LogP) is 5.31. The maximum absolute atomic E-state index is 11.4. The average Bonchev–Trinajstić information content (AvgIpc) is 2.82. The molecule has 164 valence electrons. The van der Waals surface area contributed by atoms with Crippen LogP contribution in [-0.4, -0.2) is 32.3 Å². The number of pyridine rings is 1. The molecule has 4 aromatic rings. The van der Waals surface area contributed by atoms with Gasteiger partial charge in [-0.3, -0.25) is 0 Å². The molecule has 1 aromatic heterocycles. The molecule has 1 heterocycles. The van der Waals surface area contributed by atoms with E-state index in [0.29, 0.717) is 11.5 Å². The standard InChI is InChI=1S/C25H25N3O4/c1-15-8-9-20-18(10-15)24(19-12-22(30-3)23(31-4)13-21(19)28-20)27-17-7-5-6-16(11-17)14-32-25(29)26-2/h5-13H,14H2,1-4H3,(H,26,29)(H,27,28). The van der Waals surface area contributed by atoms with Gasteiger partial charge in [-0.25, -0.2) is 9.78 Å². The zero-order valence-electron chi connectivity index (χ0n) is 18.5. The van der Waals surface area contributed by atoms with Gasteiger partial charge in [0.2, 0.25) is 0 Å². The minimum Gasteiger partial charge on any atom is -0.493 e. The first-order valence-corrected chi connectivity index (χ1v) is 10.2. The fourth-order valence-corrected chi connectivity index (χ4v) is 3.62. The smallest absolute Gasteiger partial charge is 0.407 e. The van der Waals surface area contributed by atoms with Crippen molar-refractivity contribution in [3.63, 3.8) is 0 Å². The Balaban J connectivity index is 1.84. The van der Waals surface area contributed by atoms with Crippen LogP contribution in [0.3, 0.4) is 0 Å². The van der Waals surface area contributed by atoms with Crippen LogP contribution in [0.1, 0.15) is 11.1 Å². The lowest BCUT2D eigenvalue weighted by molar-refractivity contribution is 0.142. The number of nitrogens with zero attached hydrogens (tertiary/aromatic N) is 1. The maximum Gasteiger partial charge on any atom is 0.407 e. The first-order chi connectivity index (χ1) is 15.5. The van der Waals surface area contributed by atoms with Crippen molar-refractivity contribution in [2.45, 2.75) is 13.5 Å². The number of ether oxygens (including phenoxy) is 3. The molecule has 2 N–H and O–H groups in total. The minimum absolute atomic E-state index is 0.178. The molecule has 0 aliphatic rings. The highest BCUT2D eigenvalue weighted by molar-refractivity contribution is 6.09. The van der Waals surface area contributed by atoms with Crippen LogP contribution in [0.5, 0.6) is 11.5 Å². The van der Waals surface area contributed by atoms with E-state index in [1.165, 1.54) is 7.05 Å². The number of anilines is 2. The number of nitrogens with one attached hydrogen (secondary N) is 2. The molecule has 0 unspecified atom stereocenters. The number of hydrogen-bond acceptors (Lipinski definition) is 6. The van der Waals surface area contributed by atoms with Gasteiger partial charge in [-0.2, -0.15) is 0 Å². The number of alkyl carbamates (subject to hydrolysis) is 1. The largest absolute Gasteiger partial charge is 0.493 e. The summed E-state index contributed by atoms with van der Waals surface area (Å²) in [4.78, 5) is 16.3. The molecule has 3 aromatic carbocycles. The van der Waals surface area contributed by atoms with Gasteiger partial charge in [-0.1, -0.05) is 23.8 Å². The van der Waals surface area contributed by atoms with Crippen molar-refractivity contribution in [3.05, 3.63) is 65.7 Å². The van der Waals surface area contributed by atoms with E-state index in [-0.39, 0.29) is 6.61 Å². The summed E-state index contributed by atoms with van der Waals surface area (Å²) in [5.41, 5.74) is 5.45. The topological polar surface area (TPSA) is 81.7 Å². The monoisotopic (exact) mass is 431 g/mol. The second-order valence-electron chi connectivity index (χ2n) is 7.38. The highest BCUT2D eigenvalue weighted by Crippen LogP contribution is 2.39. The Bertz CT molecular complexity index is 1300. The predicted molar refractivity (Wildman–Crippen MR) is 126 cm³/mol. The van der Waals surface area contributed by atoms with E-state index < -0.39 is 6.09 Å². The van der Waals surface area contributed by atoms with E-state index in [4.69, 9.17) is 19.2 Å². The second-order valence-corrected chi connectivity index (χ2v) is 7.38. The summed E-state index contributed by atoms with van der Waals surface area (Å²) in [5.74, 6) is 1.25. The highest BCUT2D eigenvalue weighted by atomic mass is 16.5. The number of aromatic nitrogens is 1. The van der Waals surface area contributed by atoms with Gasteiger partial charge in [0.05, 0.1) is 30.9 Å². The Labute approximate surface area is 186 Å². The summed E-state index contributed by atoms with van der Waals surface area (Å²) in [6.07, 6.45) is -0.467. The number of benzene rings is 3. The Morgan fingerprint density at radius 2 is 1.69 bits per heavy atom. The summed E-state index contributed by atoms with van der Waals surface area (Å²) in [6, 6.07) is 17.7. The quantitative estimate of drug-likeness (QED) is 0.403. The van der Waals surface area contributed by atoms with Gasteiger partial charge in [-0.05, 0) is 42.8 Å². The average molecular weight is 431 g/mol. The van der Waals surface area contributed by atoms with E-state index in [0.717, 1.165) is 44.3 Å². The second kappa shape index (κ2) is 9.01. The van der Waals surface area contributed by atoms with Crippen LogP contribution in [0.4, 0.5) is 16.2 Å². The normalized spacial score (nSPS) is 10.8. The Hall–Kier alpha value is -4.00. The molecule has 0 atom stereocenters. The molecule has 0 radical (unpaired) electrons. The molecule has 4 rings (SSSR count). The van der Waals surface area contributed by atoms with E-state index in [9.17, 15) is 4.79 Å². The van der Waals surface area contributed by atoms with Gasteiger partial charge in [0.1, 0.15) is 6.61 Å². The summed E-state index contributed by atoms with van der Waals surface area (Å²) < 4.78 is 16.2. The lowest BCUT2D eigenvalue weighted by atomic mass is 10.0. The third-order valence-electron chi connectivity index (χ3n) is 5.20. The van der Waals surface area contributed by atoms with Crippen LogP contribution in [0, 0.1) is 6.92 Å². The molecule has 32 heavy (non-hydrogen) atoms. The van der Waals surface area contributed by atoms with Crippen LogP contribution >= 0.6 is 0 Å². The number of carbonyl (C=O) groups excluding carboxylic acids is 1. The SMILES string of the molecule is CNC(=O)OCc1cccc(Nc2c3cc(C)ccc3nc3cc(OC)c(OC)cc23)c1. The van der Waals surface area contributed by atoms with Gasteiger partial charge in [0.25, 0.3) is 0 Å². The van der Waals surface area contributed by atoms with Gasteiger partial charge in [0.15, 0.2) is 11.5 Å². The van der Waals surface area contributed by atoms with E-state index in [2.05, 4.69) is 23.6 Å². The third-order valence-corrected chi connectivity index (χ3v) is 5.20. The maximum atomic E-state index is 11.4. The molecule has 1 amide bonds. The number of methoxy groups -OCH3 is 2. The Kier molecular flexibility index (Phi) is 5.98. The first kappa shape index (κ1) is 21.2. The molecule has 0 saturated carbocycles. The van der Waals surface area contributed by atoms with Crippen molar-refractivity contribution in [2.75, 3.05) is 26.6 Å². The van der Waals surface area contributed by atoms with Crippen molar-refractivity contribution >= 4 is 39.3 Å². The molecular weight excluding hydrogens is 406 g/mol. The number of rotatable bonds is 6. The highest BCUT2D eigenvalue weighted by Gasteiger charge is 2.15. The lowest BCUT2D eigenvalue weighted by Crippen LogP contribution is -2.18. The number of amides is 1. The van der Waals surface area contributed by atoms with Gasteiger partial charge in [-0.15, -0.1) is 0 Å². The molecule has 0 bridgehead atoms. The molecule has 0 saturated heterocycles. The Morgan fingerprint density at radius 1 is 0.938 bits per heavy atom. The molecule has 7 nitrogen and oxygen atoms in total. The lowest BCUT2D eigenvalue weighted by Gasteiger charge is -2.16. The van der Waals surface area contributed by atoms with Gasteiger partial charge in [0, 0.05) is 29.6 Å². The number of aryl methyl sites for hydroxylation is 1. The third kappa shape index (κ3) is 4.23. The van der Waals surface area contributed by atoms with Gasteiger partial charge < -0.3 is 24.8 Å². The van der Waals surface area contributed by atoms with Crippen molar-refractivity contribution < 1.29 is 19.0 Å². The van der Waals surface area contributed by atoms with E-state index in [1.807, 2.05) is 48.5 Å². The minimum atomic E-state index is -0.467. The van der Waals surface area contributed by atoms with Crippen LogP contribution in [0.25, 0.3) is 21.8 Å². The van der Waals surface area contributed by atoms with E-state index in [1.54, 1.807) is 14.2 Å². The summed E-state index contributed by atoms with van der Waals surface area (Å²) in [6.45, 7) is 2.23. The molecule has 0 spiro atoms. The molecule has 7 heteroatoms. The zero-order chi connectivity index (χ0) is 22.7. The molecular formula is C25H25N3O4.